The number of rotatable bonds is 7. The average molecular weight is 418 g/mol. The lowest BCUT2D eigenvalue weighted by Gasteiger charge is -2.19. The highest BCUT2D eigenvalue weighted by Gasteiger charge is 2.21. The molecule has 0 bridgehead atoms. The highest BCUT2D eigenvalue weighted by molar-refractivity contribution is 5.70. The van der Waals surface area contributed by atoms with Gasteiger partial charge in [-0.15, -0.1) is 0 Å². The van der Waals surface area contributed by atoms with Crippen molar-refractivity contribution >= 4 is 5.97 Å². The summed E-state index contributed by atoms with van der Waals surface area (Å²) in [5.74, 6) is 1.80. The first-order chi connectivity index (χ1) is 13.9. The molecule has 0 amide bonds. The van der Waals surface area contributed by atoms with Crippen LogP contribution in [0, 0.1) is 0 Å². The molecule has 0 unspecified atom stereocenters. The number of nitrogens with zero attached hydrogens (tertiary/aromatic N) is 3. The van der Waals surface area contributed by atoms with Gasteiger partial charge in [-0.3, -0.25) is 4.79 Å². The summed E-state index contributed by atoms with van der Waals surface area (Å²) in [6, 6.07) is 7.41. The van der Waals surface area contributed by atoms with Gasteiger partial charge in [0.1, 0.15) is 18.0 Å². The molecule has 0 N–H and O–H groups in total. The van der Waals surface area contributed by atoms with Gasteiger partial charge in [-0.05, 0) is 57.0 Å². The third kappa shape index (κ3) is 6.97. The molecule has 0 atom stereocenters. The number of aryl methyl sites for hydroxylation is 1. The van der Waals surface area contributed by atoms with E-state index in [-0.39, 0.29) is 30.8 Å². The normalized spacial score (nSPS) is 12.7. The van der Waals surface area contributed by atoms with Gasteiger partial charge in [0.05, 0.1) is 6.33 Å². The number of benzene rings is 1. The highest BCUT2D eigenvalue weighted by atomic mass is 19.1. The Balaban J connectivity index is 1.94. The Bertz CT molecular complexity index is 888. The molecule has 1 heterocycles. The van der Waals surface area contributed by atoms with Gasteiger partial charge in [0.2, 0.25) is 0 Å². The lowest BCUT2D eigenvalue weighted by Crippen LogP contribution is -2.23. The molecule has 30 heavy (non-hydrogen) atoms. The van der Waals surface area contributed by atoms with Gasteiger partial charge in [-0.25, -0.2) is 14.1 Å². The Kier molecular flexibility index (Phi) is 7.39. The molecule has 0 radical (unpaired) electrons. The minimum absolute atomic E-state index is 0.0662. The quantitative estimate of drug-likeness (QED) is 0.584. The first-order valence-electron chi connectivity index (χ1n) is 10.0. The first-order valence-corrected chi connectivity index (χ1v) is 10.0. The fraction of sp³-hybridized carbons (Fsp3) is 0.522. The minimum atomic E-state index is -0.550. The minimum Gasteiger partial charge on any atom is -0.489 e. The summed E-state index contributed by atoms with van der Waals surface area (Å²) in [6.07, 6.45) is 0.849. The van der Waals surface area contributed by atoms with Crippen molar-refractivity contribution in [2.75, 3.05) is 6.61 Å². The van der Waals surface area contributed by atoms with Crippen LogP contribution in [0.5, 0.6) is 5.75 Å². The maximum absolute atomic E-state index is 13.2. The number of halogens is 1. The van der Waals surface area contributed by atoms with Gasteiger partial charge in [-0.2, -0.15) is 5.10 Å². The van der Waals surface area contributed by atoms with E-state index in [1.165, 1.54) is 0 Å². The van der Waals surface area contributed by atoms with Crippen LogP contribution in [0.2, 0.25) is 0 Å². The molecule has 164 valence electrons. The fourth-order valence-corrected chi connectivity index (χ4v) is 2.64. The van der Waals surface area contributed by atoms with E-state index in [0.29, 0.717) is 17.7 Å². The zero-order valence-corrected chi connectivity index (χ0v) is 19.0. The fourth-order valence-electron chi connectivity index (χ4n) is 2.64. The summed E-state index contributed by atoms with van der Waals surface area (Å²) in [5.41, 5.74) is 0.630. The van der Waals surface area contributed by atoms with Crippen LogP contribution in [0.3, 0.4) is 0 Å². The van der Waals surface area contributed by atoms with E-state index >= 15 is 0 Å². The number of hydrogen-bond donors (Lipinski definition) is 0. The summed E-state index contributed by atoms with van der Waals surface area (Å²) in [4.78, 5) is 16.4. The van der Waals surface area contributed by atoms with E-state index in [4.69, 9.17) is 9.47 Å². The Morgan fingerprint density at radius 2 is 1.73 bits per heavy atom. The Morgan fingerprint density at radius 3 is 2.23 bits per heavy atom. The van der Waals surface area contributed by atoms with Crippen LogP contribution in [-0.2, 0) is 22.0 Å². The van der Waals surface area contributed by atoms with Gasteiger partial charge in [-0.1, -0.05) is 20.8 Å². The largest absolute Gasteiger partial charge is 0.489 e. The molecule has 0 aliphatic carbocycles. The zero-order chi connectivity index (χ0) is 22.5. The summed E-state index contributed by atoms with van der Waals surface area (Å²) in [5, 5.41) is 4.50. The van der Waals surface area contributed by atoms with Crippen molar-refractivity contribution in [3.63, 3.8) is 0 Å². The number of esters is 1. The van der Waals surface area contributed by atoms with Crippen LogP contribution in [-0.4, -0.2) is 32.9 Å². The number of aromatic nitrogens is 3. The number of carbonyl (C=O) groups excluding carboxylic acids is 1. The second kappa shape index (κ2) is 9.41. The van der Waals surface area contributed by atoms with Crippen LogP contribution >= 0.6 is 0 Å². The lowest BCUT2D eigenvalue weighted by atomic mass is 9.96. The third-order valence-corrected chi connectivity index (χ3v) is 4.20. The molecule has 2 aromatic rings. The van der Waals surface area contributed by atoms with Crippen molar-refractivity contribution < 1.29 is 18.7 Å². The number of carbonyl (C=O) groups is 1. The van der Waals surface area contributed by atoms with Crippen LogP contribution in [0.15, 0.2) is 36.2 Å². The lowest BCUT2D eigenvalue weighted by molar-refractivity contribution is -0.154. The predicted octanol–water partition coefficient (Wildman–Crippen LogP) is 5.13. The van der Waals surface area contributed by atoms with Crippen molar-refractivity contribution in [2.45, 2.75) is 65.4 Å². The summed E-state index contributed by atoms with van der Waals surface area (Å²) >= 11 is 0. The van der Waals surface area contributed by atoms with E-state index in [9.17, 15) is 9.18 Å². The van der Waals surface area contributed by atoms with E-state index < -0.39 is 5.60 Å². The molecule has 1 aromatic heterocycles. The first kappa shape index (κ1) is 23.6. The van der Waals surface area contributed by atoms with Crippen molar-refractivity contribution in [3.05, 3.63) is 42.0 Å². The SMILES string of the molecule is Cn1nc(C(C)(C)C)nc1-c1ccc(OC/C(=C/F)CCC(=O)OC(C)(C)C)cc1. The van der Waals surface area contributed by atoms with Crippen LogP contribution < -0.4 is 4.74 Å². The van der Waals surface area contributed by atoms with E-state index in [2.05, 4.69) is 30.9 Å². The molecular formula is C23H32FN3O3. The van der Waals surface area contributed by atoms with Gasteiger partial charge in [0, 0.05) is 24.4 Å². The molecule has 0 spiro atoms. The molecule has 7 heteroatoms. The van der Waals surface area contributed by atoms with Crippen molar-refractivity contribution in [2.24, 2.45) is 7.05 Å². The molecule has 2 rings (SSSR count). The molecule has 0 saturated heterocycles. The maximum atomic E-state index is 13.2. The maximum Gasteiger partial charge on any atom is 0.306 e. The summed E-state index contributed by atoms with van der Waals surface area (Å²) in [7, 11) is 1.87. The van der Waals surface area contributed by atoms with Gasteiger partial charge in [0.15, 0.2) is 11.6 Å². The second-order valence-corrected chi connectivity index (χ2v) is 9.30. The van der Waals surface area contributed by atoms with Crippen molar-refractivity contribution in [1.82, 2.24) is 14.8 Å². The monoisotopic (exact) mass is 417 g/mol. The molecule has 0 saturated carbocycles. The van der Waals surface area contributed by atoms with Crippen LogP contribution in [0.4, 0.5) is 4.39 Å². The van der Waals surface area contributed by atoms with Gasteiger partial charge >= 0.3 is 5.97 Å². The Morgan fingerprint density at radius 1 is 1.10 bits per heavy atom. The van der Waals surface area contributed by atoms with Crippen LogP contribution in [0.1, 0.15) is 60.2 Å². The number of ether oxygens (including phenoxy) is 2. The molecule has 0 fully saturated rings. The second-order valence-electron chi connectivity index (χ2n) is 9.30. The topological polar surface area (TPSA) is 66.2 Å². The van der Waals surface area contributed by atoms with Gasteiger partial charge in [0.25, 0.3) is 0 Å². The summed E-state index contributed by atoms with van der Waals surface area (Å²) in [6.45, 7) is 11.7. The summed E-state index contributed by atoms with van der Waals surface area (Å²) < 4.78 is 25.8. The molecular weight excluding hydrogens is 385 g/mol. The Labute approximate surface area is 178 Å². The van der Waals surface area contributed by atoms with E-state index in [1.54, 1.807) is 25.5 Å². The molecule has 1 aromatic carbocycles. The molecule has 0 aliphatic heterocycles. The molecule has 0 aliphatic rings. The van der Waals surface area contributed by atoms with Crippen LogP contribution in [0.25, 0.3) is 11.4 Å². The predicted molar refractivity (Wildman–Crippen MR) is 115 cm³/mol. The third-order valence-electron chi connectivity index (χ3n) is 4.20. The molecule has 6 nitrogen and oxygen atoms in total. The Hall–Kier alpha value is -2.70. The standard InChI is InChI=1S/C23H32FN3O3/c1-22(2,3)21-25-20(27(7)26-21)17-9-11-18(12-10-17)29-15-16(14-24)8-13-19(28)30-23(4,5)6/h9-12,14H,8,13,15H2,1-7H3/b16-14+. The van der Waals surface area contributed by atoms with Gasteiger partial charge < -0.3 is 9.47 Å². The smallest absolute Gasteiger partial charge is 0.306 e. The number of hydrogen-bond acceptors (Lipinski definition) is 5. The van der Waals surface area contributed by atoms with Crippen molar-refractivity contribution in [3.8, 4) is 17.1 Å². The average Bonchev–Trinajstić information content (AvgIpc) is 3.03. The van der Waals surface area contributed by atoms with E-state index in [0.717, 1.165) is 17.2 Å². The van der Waals surface area contributed by atoms with E-state index in [1.807, 2.05) is 31.3 Å². The highest BCUT2D eigenvalue weighted by Crippen LogP contribution is 2.25. The zero-order valence-electron chi connectivity index (χ0n) is 19.0. The van der Waals surface area contributed by atoms with Crippen molar-refractivity contribution in [1.29, 1.82) is 0 Å².